The Bertz CT molecular complexity index is 623. The van der Waals surface area contributed by atoms with Crippen LogP contribution in [0, 0.1) is 0 Å². The second-order valence-electron chi connectivity index (χ2n) is 4.67. The maximum absolute atomic E-state index is 12.0. The van der Waals surface area contributed by atoms with Crippen molar-refractivity contribution in [3.8, 4) is 11.3 Å². The second-order valence-corrected chi connectivity index (χ2v) is 5.41. The van der Waals surface area contributed by atoms with E-state index in [4.69, 9.17) is 23.2 Å². The van der Waals surface area contributed by atoms with Crippen molar-refractivity contribution in [1.29, 1.82) is 0 Å². The molecule has 0 spiro atoms. The third-order valence-corrected chi connectivity index (χ3v) is 3.83. The highest BCUT2D eigenvalue weighted by molar-refractivity contribution is 6.43. The lowest BCUT2D eigenvalue weighted by Gasteiger charge is -2.17. The molecule has 0 saturated heterocycles. The molecule has 0 bridgehead atoms. The van der Waals surface area contributed by atoms with Gasteiger partial charge in [-0.1, -0.05) is 53.5 Å². The van der Waals surface area contributed by atoms with Gasteiger partial charge in [0.05, 0.1) is 0 Å². The summed E-state index contributed by atoms with van der Waals surface area (Å²) in [4.78, 5) is 13.5. The molecule has 20 heavy (non-hydrogen) atoms. The highest BCUT2D eigenvalue weighted by atomic mass is 35.5. The first-order valence-electron chi connectivity index (χ1n) is 6.13. The Morgan fingerprint density at radius 2 is 1.85 bits per heavy atom. The number of nitrogens with zero attached hydrogens (tertiary/aromatic N) is 3. The number of hydrogen-bond donors (Lipinski definition) is 0. The summed E-state index contributed by atoms with van der Waals surface area (Å²) in [5.74, 6) is -0.0920. The molecule has 2 aromatic rings. The van der Waals surface area contributed by atoms with Crippen molar-refractivity contribution in [2.75, 3.05) is 14.1 Å². The number of rotatable bonds is 3. The van der Waals surface area contributed by atoms with Crippen LogP contribution in [0.4, 0.5) is 0 Å². The molecule has 0 aliphatic carbocycles. The second kappa shape index (κ2) is 5.85. The van der Waals surface area contributed by atoms with Crippen LogP contribution < -0.4 is 0 Å². The molecule has 1 aromatic heterocycles. The van der Waals surface area contributed by atoms with Crippen molar-refractivity contribution in [2.24, 2.45) is 0 Å². The monoisotopic (exact) mass is 311 g/mol. The number of aromatic nitrogens is 2. The largest absolute Gasteiger partial charge is 0.347 e. The third-order valence-electron chi connectivity index (χ3n) is 3.01. The van der Waals surface area contributed by atoms with Crippen molar-refractivity contribution in [3.05, 3.63) is 40.5 Å². The number of carbonyl (C=O) groups is 1. The Balaban J connectivity index is 2.46. The quantitative estimate of drug-likeness (QED) is 0.870. The van der Waals surface area contributed by atoms with E-state index in [1.165, 1.54) is 9.58 Å². The summed E-state index contributed by atoms with van der Waals surface area (Å²) in [6.45, 7) is 1.74. The van der Waals surface area contributed by atoms with E-state index in [1.54, 1.807) is 21.0 Å². The van der Waals surface area contributed by atoms with Gasteiger partial charge in [-0.15, -0.1) is 0 Å². The Kier molecular flexibility index (Phi) is 4.35. The van der Waals surface area contributed by atoms with E-state index in [-0.39, 0.29) is 11.1 Å². The summed E-state index contributed by atoms with van der Waals surface area (Å²) < 4.78 is 1.45. The highest BCUT2D eigenvalue weighted by Crippen LogP contribution is 2.34. The van der Waals surface area contributed by atoms with Gasteiger partial charge < -0.3 is 4.90 Å². The van der Waals surface area contributed by atoms with Crippen LogP contribution >= 0.6 is 23.2 Å². The molecule has 1 atom stereocenters. The summed E-state index contributed by atoms with van der Waals surface area (Å²) in [6, 6.07) is 8.99. The van der Waals surface area contributed by atoms with Crippen molar-refractivity contribution < 1.29 is 4.79 Å². The molecule has 2 rings (SSSR count). The molecule has 0 saturated carbocycles. The Labute approximate surface area is 127 Å². The predicted octanol–water partition coefficient (Wildman–Crippen LogP) is 3.51. The van der Waals surface area contributed by atoms with Gasteiger partial charge in [0.15, 0.2) is 0 Å². The molecule has 0 radical (unpaired) electrons. The highest BCUT2D eigenvalue weighted by Gasteiger charge is 2.24. The molecule has 1 aromatic carbocycles. The number of hydrogen-bond acceptors (Lipinski definition) is 2. The minimum absolute atomic E-state index is 0.0920. The van der Waals surface area contributed by atoms with Gasteiger partial charge in [-0.2, -0.15) is 5.10 Å². The maximum Gasteiger partial charge on any atom is 0.246 e. The average molecular weight is 312 g/mol. The molecular weight excluding hydrogens is 297 g/mol. The van der Waals surface area contributed by atoms with E-state index in [9.17, 15) is 4.79 Å². The van der Waals surface area contributed by atoms with E-state index in [0.29, 0.717) is 10.7 Å². The lowest BCUT2D eigenvalue weighted by molar-refractivity contribution is -0.131. The van der Waals surface area contributed by atoms with E-state index in [0.717, 1.165) is 5.56 Å². The van der Waals surface area contributed by atoms with E-state index in [1.807, 2.05) is 30.3 Å². The lowest BCUT2D eigenvalue weighted by Crippen LogP contribution is -2.30. The summed E-state index contributed by atoms with van der Waals surface area (Å²) >= 11 is 12.4. The van der Waals surface area contributed by atoms with Crippen LogP contribution in [-0.2, 0) is 4.79 Å². The van der Waals surface area contributed by atoms with Gasteiger partial charge in [0.2, 0.25) is 5.91 Å². The fourth-order valence-electron chi connectivity index (χ4n) is 1.91. The zero-order valence-corrected chi connectivity index (χ0v) is 13.0. The van der Waals surface area contributed by atoms with Crippen LogP contribution in [-0.4, -0.2) is 34.7 Å². The van der Waals surface area contributed by atoms with Crippen molar-refractivity contribution >= 4 is 29.1 Å². The third kappa shape index (κ3) is 2.67. The SMILES string of the molecule is CC(C(=O)N(C)C)n1nc(-c2ccccc2)c(Cl)c1Cl. The smallest absolute Gasteiger partial charge is 0.246 e. The van der Waals surface area contributed by atoms with Gasteiger partial charge in [-0.25, -0.2) is 4.68 Å². The molecular formula is C14H15Cl2N3O. The van der Waals surface area contributed by atoms with E-state index in [2.05, 4.69) is 5.10 Å². The molecule has 0 N–H and O–H groups in total. The van der Waals surface area contributed by atoms with E-state index < -0.39 is 6.04 Å². The number of likely N-dealkylation sites (N-methyl/N-ethyl adjacent to an activating group) is 1. The predicted molar refractivity (Wildman–Crippen MR) is 81.1 cm³/mol. The van der Waals surface area contributed by atoms with Crippen LogP contribution in [0.2, 0.25) is 10.2 Å². The Morgan fingerprint density at radius 3 is 2.40 bits per heavy atom. The number of amides is 1. The topological polar surface area (TPSA) is 38.1 Å². The minimum Gasteiger partial charge on any atom is -0.347 e. The van der Waals surface area contributed by atoms with E-state index >= 15 is 0 Å². The van der Waals surface area contributed by atoms with Gasteiger partial charge in [0.1, 0.15) is 21.9 Å². The maximum atomic E-state index is 12.0. The molecule has 4 nitrogen and oxygen atoms in total. The fourth-order valence-corrected chi connectivity index (χ4v) is 2.42. The van der Waals surface area contributed by atoms with Gasteiger partial charge >= 0.3 is 0 Å². The summed E-state index contributed by atoms with van der Waals surface area (Å²) in [5.41, 5.74) is 1.44. The first kappa shape index (κ1) is 14.9. The molecule has 1 amide bonds. The molecule has 6 heteroatoms. The average Bonchev–Trinajstić information content (AvgIpc) is 2.75. The number of carbonyl (C=O) groups excluding carboxylic acids is 1. The molecule has 0 aliphatic heterocycles. The standard InChI is InChI=1S/C14H15Cl2N3O/c1-9(14(20)18(2)3)19-13(16)11(15)12(17-19)10-7-5-4-6-8-10/h4-9H,1-3H3. The van der Waals surface area contributed by atoms with Crippen molar-refractivity contribution in [2.45, 2.75) is 13.0 Å². The van der Waals surface area contributed by atoms with Crippen LogP contribution in [0.3, 0.4) is 0 Å². The van der Waals surface area contributed by atoms with Crippen molar-refractivity contribution in [1.82, 2.24) is 14.7 Å². The van der Waals surface area contributed by atoms with Gasteiger partial charge in [0.25, 0.3) is 0 Å². The van der Waals surface area contributed by atoms with Crippen LogP contribution in [0.5, 0.6) is 0 Å². The molecule has 1 unspecified atom stereocenters. The molecule has 1 heterocycles. The molecule has 0 fully saturated rings. The Morgan fingerprint density at radius 1 is 1.25 bits per heavy atom. The van der Waals surface area contributed by atoms with Gasteiger partial charge in [-0.05, 0) is 6.92 Å². The Hall–Kier alpha value is -1.52. The zero-order chi connectivity index (χ0) is 14.9. The lowest BCUT2D eigenvalue weighted by atomic mass is 10.2. The van der Waals surface area contributed by atoms with Gasteiger partial charge in [0, 0.05) is 19.7 Å². The normalized spacial score (nSPS) is 12.2. The molecule has 0 aliphatic rings. The summed E-state index contributed by atoms with van der Waals surface area (Å²) in [6.07, 6.45) is 0. The van der Waals surface area contributed by atoms with Crippen LogP contribution in [0.25, 0.3) is 11.3 Å². The first-order valence-corrected chi connectivity index (χ1v) is 6.89. The van der Waals surface area contributed by atoms with Crippen molar-refractivity contribution in [3.63, 3.8) is 0 Å². The van der Waals surface area contributed by atoms with Crippen LogP contribution in [0.15, 0.2) is 30.3 Å². The van der Waals surface area contributed by atoms with Gasteiger partial charge in [-0.3, -0.25) is 4.79 Å². The molecule has 106 valence electrons. The zero-order valence-electron chi connectivity index (χ0n) is 11.5. The number of halogens is 2. The number of benzene rings is 1. The fraction of sp³-hybridized carbons (Fsp3) is 0.286. The minimum atomic E-state index is -0.507. The first-order chi connectivity index (χ1) is 9.43. The summed E-state index contributed by atoms with van der Waals surface area (Å²) in [7, 11) is 3.38. The summed E-state index contributed by atoms with van der Waals surface area (Å²) in [5, 5.41) is 5.02. The van der Waals surface area contributed by atoms with Crippen LogP contribution in [0.1, 0.15) is 13.0 Å².